The Morgan fingerprint density at radius 2 is 2.29 bits per heavy atom. The van der Waals surface area contributed by atoms with Gasteiger partial charge in [-0.2, -0.15) is 0 Å². The SMILES string of the molecule is COCC(C)CNC(=O)c1cccc(Br)c1F. The number of carbonyl (C=O) groups excluding carboxylic acids is 1. The van der Waals surface area contributed by atoms with Crippen molar-refractivity contribution in [3.8, 4) is 0 Å². The number of nitrogens with one attached hydrogen (secondary N) is 1. The first-order valence-electron chi connectivity index (χ1n) is 5.27. The van der Waals surface area contributed by atoms with E-state index < -0.39 is 11.7 Å². The van der Waals surface area contributed by atoms with Crippen molar-refractivity contribution < 1.29 is 13.9 Å². The monoisotopic (exact) mass is 303 g/mol. The topological polar surface area (TPSA) is 38.3 Å². The molecule has 1 amide bonds. The van der Waals surface area contributed by atoms with Gasteiger partial charge < -0.3 is 10.1 Å². The number of hydrogen-bond donors (Lipinski definition) is 1. The lowest BCUT2D eigenvalue weighted by molar-refractivity contribution is 0.0930. The van der Waals surface area contributed by atoms with Gasteiger partial charge in [0.1, 0.15) is 5.82 Å². The smallest absolute Gasteiger partial charge is 0.254 e. The zero-order valence-electron chi connectivity index (χ0n) is 9.80. The number of ether oxygens (including phenoxy) is 1. The van der Waals surface area contributed by atoms with Crippen molar-refractivity contribution in [2.75, 3.05) is 20.3 Å². The maximum absolute atomic E-state index is 13.6. The van der Waals surface area contributed by atoms with Crippen LogP contribution in [0.2, 0.25) is 0 Å². The fraction of sp³-hybridized carbons (Fsp3) is 0.417. The largest absolute Gasteiger partial charge is 0.384 e. The van der Waals surface area contributed by atoms with E-state index in [9.17, 15) is 9.18 Å². The zero-order chi connectivity index (χ0) is 12.8. The van der Waals surface area contributed by atoms with Crippen LogP contribution in [0.15, 0.2) is 22.7 Å². The van der Waals surface area contributed by atoms with Crippen LogP contribution in [0.25, 0.3) is 0 Å². The Kier molecular flexibility index (Phi) is 5.58. The van der Waals surface area contributed by atoms with Crippen molar-refractivity contribution in [3.05, 3.63) is 34.1 Å². The normalized spacial score (nSPS) is 12.2. The van der Waals surface area contributed by atoms with E-state index in [4.69, 9.17) is 4.74 Å². The molecule has 1 aromatic carbocycles. The van der Waals surface area contributed by atoms with Gasteiger partial charge in [0.15, 0.2) is 0 Å². The van der Waals surface area contributed by atoms with E-state index in [1.807, 2.05) is 6.92 Å². The van der Waals surface area contributed by atoms with E-state index in [0.29, 0.717) is 13.2 Å². The molecule has 0 spiro atoms. The predicted octanol–water partition coefficient (Wildman–Crippen LogP) is 2.60. The van der Waals surface area contributed by atoms with Gasteiger partial charge in [0.25, 0.3) is 5.91 Å². The summed E-state index contributed by atoms with van der Waals surface area (Å²) in [5.74, 6) is -0.754. The summed E-state index contributed by atoms with van der Waals surface area (Å²) >= 11 is 3.04. The van der Waals surface area contributed by atoms with E-state index in [2.05, 4.69) is 21.2 Å². The highest BCUT2D eigenvalue weighted by Gasteiger charge is 2.14. The molecule has 1 rings (SSSR count). The number of benzene rings is 1. The fourth-order valence-corrected chi connectivity index (χ4v) is 1.75. The highest BCUT2D eigenvalue weighted by Crippen LogP contribution is 2.18. The first kappa shape index (κ1) is 14.1. The van der Waals surface area contributed by atoms with Gasteiger partial charge in [0.2, 0.25) is 0 Å². The Bertz CT molecular complexity index is 398. The van der Waals surface area contributed by atoms with E-state index in [1.165, 1.54) is 6.07 Å². The molecule has 0 fully saturated rings. The first-order chi connectivity index (χ1) is 8.06. The van der Waals surface area contributed by atoms with Crippen LogP contribution in [0.1, 0.15) is 17.3 Å². The van der Waals surface area contributed by atoms with Crippen molar-refractivity contribution in [2.24, 2.45) is 5.92 Å². The molecule has 94 valence electrons. The third-order valence-corrected chi connectivity index (χ3v) is 2.87. The number of hydrogen-bond acceptors (Lipinski definition) is 2. The molecule has 5 heteroatoms. The van der Waals surface area contributed by atoms with Crippen LogP contribution in [0.5, 0.6) is 0 Å². The van der Waals surface area contributed by atoms with Gasteiger partial charge in [-0.1, -0.05) is 13.0 Å². The minimum atomic E-state index is -0.538. The zero-order valence-corrected chi connectivity index (χ0v) is 11.4. The van der Waals surface area contributed by atoms with Crippen molar-refractivity contribution in [1.29, 1.82) is 0 Å². The molecule has 0 aliphatic heterocycles. The second-order valence-corrected chi connectivity index (χ2v) is 4.73. The van der Waals surface area contributed by atoms with E-state index in [-0.39, 0.29) is 16.0 Å². The number of rotatable bonds is 5. The summed E-state index contributed by atoms with van der Waals surface area (Å²) in [6.45, 7) is 2.96. The van der Waals surface area contributed by atoms with E-state index in [0.717, 1.165) is 0 Å². The summed E-state index contributed by atoms with van der Waals surface area (Å²) in [4.78, 5) is 11.7. The number of amides is 1. The lowest BCUT2D eigenvalue weighted by atomic mass is 10.1. The van der Waals surface area contributed by atoms with Crippen LogP contribution < -0.4 is 5.32 Å². The third-order valence-electron chi connectivity index (χ3n) is 2.26. The molecule has 0 bridgehead atoms. The second-order valence-electron chi connectivity index (χ2n) is 3.87. The number of carbonyl (C=O) groups is 1. The van der Waals surface area contributed by atoms with E-state index in [1.54, 1.807) is 19.2 Å². The van der Waals surface area contributed by atoms with Crippen LogP contribution >= 0.6 is 15.9 Å². The average Bonchev–Trinajstić information content (AvgIpc) is 2.30. The quantitative estimate of drug-likeness (QED) is 0.908. The summed E-state index contributed by atoms with van der Waals surface area (Å²) in [5, 5.41) is 2.67. The number of methoxy groups -OCH3 is 1. The molecule has 0 aliphatic rings. The predicted molar refractivity (Wildman–Crippen MR) is 67.5 cm³/mol. The van der Waals surface area contributed by atoms with Gasteiger partial charge >= 0.3 is 0 Å². The van der Waals surface area contributed by atoms with E-state index >= 15 is 0 Å². The minimum Gasteiger partial charge on any atom is -0.384 e. The molecule has 17 heavy (non-hydrogen) atoms. The highest BCUT2D eigenvalue weighted by atomic mass is 79.9. The van der Waals surface area contributed by atoms with Crippen LogP contribution in [-0.4, -0.2) is 26.2 Å². The fourth-order valence-electron chi connectivity index (χ4n) is 1.38. The minimum absolute atomic E-state index is 0.0454. The summed E-state index contributed by atoms with van der Waals surface area (Å²) in [6.07, 6.45) is 0. The van der Waals surface area contributed by atoms with Crippen LogP contribution in [0.3, 0.4) is 0 Å². The van der Waals surface area contributed by atoms with Crippen molar-refractivity contribution in [3.63, 3.8) is 0 Å². The molecule has 1 atom stereocenters. The van der Waals surface area contributed by atoms with Gasteiger partial charge in [-0.05, 0) is 34.0 Å². The summed E-state index contributed by atoms with van der Waals surface area (Å²) in [6, 6.07) is 4.64. The maximum Gasteiger partial charge on any atom is 0.254 e. The molecule has 0 aromatic heterocycles. The van der Waals surface area contributed by atoms with Gasteiger partial charge in [-0.3, -0.25) is 4.79 Å². The number of halogens is 2. The molecule has 0 saturated heterocycles. The molecule has 0 radical (unpaired) electrons. The Morgan fingerprint density at radius 3 is 2.94 bits per heavy atom. The maximum atomic E-state index is 13.6. The third kappa shape index (κ3) is 4.09. The molecule has 0 saturated carbocycles. The average molecular weight is 304 g/mol. The molecule has 1 N–H and O–H groups in total. The van der Waals surface area contributed by atoms with Gasteiger partial charge in [0.05, 0.1) is 16.6 Å². The Labute approximate surface area is 108 Å². The first-order valence-corrected chi connectivity index (χ1v) is 6.06. The van der Waals surface area contributed by atoms with Crippen LogP contribution in [0.4, 0.5) is 4.39 Å². The Hall–Kier alpha value is -0.940. The van der Waals surface area contributed by atoms with Gasteiger partial charge in [0, 0.05) is 13.7 Å². The lowest BCUT2D eigenvalue weighted by Gasteiger charge is -2.12. The molecule has 0 heterocycles. The summed E-state index contributed by atoms with van der Waals surface area (Å²) in [7, 11) is 1.60. The van der Waals surface area contributed by atoms with Crippen molar-refractivity contribution >= 4 is 21.8 Å². The van der Waals surface area contributed by atoms with Crippen LogP contribution in [-0.2, 0) is 4.74 Å². The molecule has 1 unspecified atom stereocenters. The summed E-state index contributed by atoms with van der Waals surface area (Å²) in [5.41, 5.74) is 0.0454. The van der Waals surface area contributed by atoms with Crippen LogP contribution in [0, 0.1) is 11.7 Å². The van der Waals surface area contributed by atoms with Crippen molar-refractivity contribution in [1.82, 2.24) is 5.32 Å². The molecule has 3 nitrogen and oxygen atoms in total. The second kappa shape index (κ2) is 6.71. The molecular weight excluding hydrogens is 289 g/mol. The summed E-state index contributed by atoms with van der Waals surface area (Å²) < 4.78 is 18.8. The Morgan fingerprint density at radius 1 is 1.59 bits per heavy atom. The van der Waals surface area contributed by atoms with Gasteiger partial charge in [-0.15, -0.1) is 0 Å². The Balaban J connectivity index is 2.61. The molecule has 1 aromatic rings. The lowest BCUT2D eigenvalue weighted by Crippen LogP contribution is -2.30. The van der Waals surface area contributed by atoms with Crippen molar-refractivity contribution in [2.45, 2.75) is 6.92 Å². The highest BCUT2D eigenvalue weighted by molar-refractivity contribution is 9.10. The standard InChI is InChI=1S/C12H15BrFNO2/c1-8(7-17-2)6-15-12(16)9-4-3-5-10(13)11(9)14/h3-5,8H,6-7H2,1-2H3,(H,15,16). The van der Waals surface area contributed by atoms with Gasteiger partial charge in [-0.25, -0.2) is 4.39 Å². The molecular formula is C12H15BrFNO2. The molecule has 0 aliphatic carbocycles.